The largest absolute Gasteiger partial charge is 0.327 e. The first kappa shape index (κ1) is 11.3. The summed E-state index contributed by atoms with van der Waals surface area (Å²) < 4.78 is 14.1. The monoisotopic (exact) mass is 214 g/mol. The van der Waals surface area contributed by atoms with Crippen molar-refractivity contribution in [1.29, 1.82) is 0 Å². The van der Waals surface area contributed by atoms with Gasteiger partial charge in [-0.05, 0) is 32.2 Å². The SMILES string of the molecule is NCC1(F)CCCN(C2CCCCC2)C1. The van der Waals surface area contributed by atoms with E-state index in [0.29, 0.717) is 19.0 Å². The Bertz CT molecular complexity index is 204. The molecule has 0 bridgehead atoms. The molecule has 2 rings (SSSR count). The summed E-state index contributed by atoms with van der Waals surface area (Å²) in [5.41, 5.74) is 4.43. The van der Waals surface area contributed by atoms with Crippen LogP contribution >= 0.6 is 0 Å². The number of likely N-dealkylation sites (tertiary alicyclic amines) is 1. The Morgan fingerprint density at radius 1 is 1.20 bits per heavy atom. The summed E-state index contributed by atoms with van der Waals surface area (Å²) in [4.78, 5) is 2.36. The van der Waals surface area contributed by atoms with Crippen molar-refractivity contribution in [2.45, 2.75) is 56.7 Å². The molecule has 2 N–H and O–H groups in total. The van der Waals surface area contributed by atoms with Crippen LogP contribution in [0.15, 0.2) is 0 Å². The zero-order valence-corrected chi connectivity index (χ0v) is 9.55. The fourth-order valence-electron chi connectivity index (χ4n) is 3.05. The molecule has 1 unspecified atom stereocenters. The number of hydrogen-bond donors (Lipinski definition) is 1. The van der Waals surface area contributed by atoms with E-state index in [1.807, 2.05) is 0 Å². The number of hydrogen-bond acceptors (Lipinski definition) is 2. The Morgan fingerprint density at radius 2 is 1.93 bits per heavy atom. The summed E-state index contributed by atoms with van der Waals surface area (Å²) in [6.45, 7) is 1.85. The van der Waals surface area contributed by atoms with E-state index < -0.39 is 5.67 Å². The molecule has 88 valence electrons. The molecule has 3 heteroatoms. The quantitative estimate of drug-likeness (QED) is 0.762. The maximum absolute atomic E-state index is 14.1. The van der Waals surface area contributed by atoms with Gasteiger partial charge in [0.2, 0.25) is 0 Å². The number of nitrogens with two attached hydrogens (primary N) is 1. The highest BCUT2D eigenvalue weighted by molar-refractivity contribution is 4.91. The Balaban J connectivity index is 1.91. The van der Waals surface area contributed by atoms with E-state index >= 15 is 0 Å². The Morgan fingerprint density at radius 3 is 2.60 bits per heavy atom. The van der Waals surface area contributed by atoms with Crippen LogP contribution in [0, 0.1) is 0 Å². The van der Waals surface area contributed by atoms with Crippen LogP contribution in [0.5, 0.6) is 0 Å². The lowest BCUT2D eigenvalue weighted by atomic mass is 9.89. The maximum Gasteiger partial charge on any atom is 0.135 e. The Labute approximate surface area is 92.0 Å². The van der Waals surface area contributed by atoms with Gasteiger partial charge in [-0.3, -0.25) is 4.90 Å². The van der Waals surface area contributed by atoms with E-state index in [0.717, 1.165) is 13.0 Å². The minimum absolute atomic E-state index is 0.191. The van der Waals surface area contributed by atoms with Crippen LogP contribution in [0.2, 0.25) is 0 Å². The number of rotatable bonds is 2. The number of piperidine rings is 1. The Kier molecular flexibility index (Phi) is 3.62. The first-order valence-electron chi connectivity index (χ1n) is 6.37. The van der Waals surface area contributed by atoms with E-state index in [4.69, 9.17) is 5.73 Å². The summed E-state index contributed by atoms with van der Waals surface area (Å²) >= 11 is 0. The van der Waals surface area contributed by atoms with Gasteiger partial charge in [0.05, 0.1) is 0 Å². The molecular weight excluding hydrogens is 191 g/mol. The van der Waals surface area contributed by atoms with Crippen molar-refractivity contribution >= 4 is 0 Å². The second-order valence-electron chi connectivity index (χ2n) is 5.22. The molecule has 0 spiro atoms. The van der Waals surface area contributed by atoms with E-state index in [9.17, 15) is 4.39 Å². The molecule has 1 saturated carbocycles. The van der Waals surface area contributed by atoms with Crippen LogP contribution in [0.4, 0.5) is 4.39 Å². The average molecular weight is 214 g/mol. The van der Waals surface area contributed by atoms with E-state index in [1.165, 1.54) is 32.1 Å². The van der Waals surface area contributed by atoms with Gasteiger partial charge in [0, 0.05) is 19.1 Å². The molecule has 0 aromatic heterocycles. The predicted molar refractivity (Wildman–Crippen MR) is 60.6 cm³/mol. The molecule has 0 aromatic carbocycles. The van der Waals surface area contributed by atoms with Crippen molar-refractivity contribution < 1.29 is 4.39 Å². The fraction of sp³-hybridized carbons (Fsp3) is 1.00. The molecule has 2 aliphatic rings. The van der Waals surface area contributed by atoms with Gasteiger partial charge in [-0.2, -0.15) is 0 Å². The second-order valence-corrected chi connectivity index (χ2v) is 5.22. The highest BCUT2D eigenvalue weighted by atomic mass is 19.1. The number of nitrogens with zero attached hydrogens (tertiary/aromatic N) is 1. The van der Waals surface area contributed by atoms with E-state index in [2.05, 4.69) is 4.90 Å². The van der Waals surface area contributed by atoms with Gasteiger partial charge in [0.15, 0.2) is 0 Å². The molecule has 0 amide bonds. The first-order valence-corrected chi connectivity index (χ1v) is 6.37. The molecule has 1 heterocycles. The van der Waals surface area contributed by atoms with Crippen LogP contribution in [-0.2, 0) is 0 Å². The van der Waals surface area contributed by atoms with Crippen LogP contribution in [0.25, 0.3) is 0 Å². The number of halogens is 1. The summed E-state index contributed by atoms with van der Waals surface area (Å²) in [5.74, 6) is 0. The van der Waals surface area contributed by atoms with E-state index in [1.54, 1.807) is 0 Å². The van der Waals surface area contributed by atoms with Crippen LogP contribution in [0.1, 0.15) is 44.9 Å². The first-order chi connectivity index (χ1) is 7.23. The minimum atomic E-state index is -1.10. The van der Waals surface area contributed by atoms with Crippen molar-refractivity contribution in [1.82, 2.24) is 4.90 Å². The minimum Gasteiger partial charge on any atom is -0.327 e. The fourth-order valence-corrected chi connectivity index (χ4v) is 3.05. The molecule has 1 saturated heterocycles. The zero-order chi connectivity index (χ0) is 10.7. The Hall–Kier alpha value is -0.150. The van der Waals surface area contributed by atoms with Gasteiger partial charge in [-0.1, -0.05) is 19.3 Å². The highest BCUT2D eigenvalue weighted by Crippen LogP contribution is 2.30. The third-order valence-electron chi connectivity index (χ3n) is 4.01. The van der Waals surface area contributed by atoms with Crippen molar-refractivity contribution in [2.75, 3.05) is 19.6 Å². The predicted octanol–water partition coefficient (Wildman–Crippen LogP) is 2.08. The van der Waals surface area contributed by atoms with Crippen molar-refractivity contribution in [2.24, 2.45) is 5.73 Å². The lowest BCUT2D eigenvalue weighted by Crippen LogP contribution is -2.53. The normalized spacial score (nSPS) is 35.6. The van der Waals surface area contributed by atoms with Gasteiger partial charge in [0.25, 0.3) is 0 Å². The molecule has 1 aliphatic carbocycles. The summed E-state index contributed by atoms with van der Waals surface area (Å²) in [6.07, 6.45) is 8.17. The van der Waals surface area contributed by atoms with Crippen LogP contribution in [0.3, 0.4) is 0 Å². The molecule has 0 radical (unpaired) electrons. The van der Waals surface area contributed by atoms with Gasteiger partial charge < -0.3 is 5.73 Å². The summed E-state index contributed by atoms with van der Waals surface area (Å²) in [6, 6.07) is 0.640. The van der Waals surface area contributed by atoms with Gasteiger partial charge in [0.1, 0.15) is 5.67 Å². The van der Waals surface area contributed by atoms with E-state index in [-0.39, 0.29) is 6.54 Å². The summed E-state index contributed by atoms with van der Waals surface area (Å²) in [5, 5.41) is 0. The maximum atomic E-state index is 14.1. The molecular formula is C12H23FN2. The molecule has 2 fully saturated rings. The molecule has 1 aliphatic heterocycles. The van der Waals surface area contributed by atoms with Gasteiger partial charge in [-0.15, -0.1) is 0 Å². The third kappa shape index (κ3) is 2.70. The number of alkyl halides is 1. The lowest BCUT2D eigenvalue weighted by Gasteiger charge is -2.42. The standard InChI is InChI=1S/C12H23FN2/c13-12(9-14)7-4-8-15(10-12)11-5-2-1-3-6-11/h11H,1-10,14H2. The summed E-state index contributed by atoms with van der Waals surface area (Å²) in [7, 11) is 0. The highest BCUT2D eigenvalue weighted by Gasteiger charge is 2.36. The smallest absolute Gasteiger partial charge is 0.135 e. The zero-order valence-electron chi connectivity index (χ0n) is 9.55. The van der Waals surface area contributed by atoms with Crippen molar-refractivity contribution in [3.05, 3.63) is 0 Å². The molecule has 1 atom stereocenters. The van der Waals surface area contributed by atoms with Gasteiger partial charge in [-0.25, -0.2) is 4.39 Å². The van der Waals surface area contributed by atoms with Crippen LogP contribution < -0.4 is 5.73 Å². The third-order valence-corrected chi connectivity index (χ3v) is 4.01. The lowest BCUT2D eigenvalue weighted by molar-refractivity contribution is 0.0187. The molecule has 2 nitrogen and oxygen atoms in total. The van der Waals surface area contributed by atoms with Crippen molar-refractivity contribution in [3.8, 4) is 0 Å². The average Bonchev–Trinajstić information content (AvgIpc) is 2.30. The van der Waals surface area contributed by atoms with Crippen LogP contribution in [-0.4, -0.2) is 36.2 Å². The molecule has 15 heavy (non-hydrogen) atoms. The second kappa shape index (κ2) is 4.79. The van der Waals surface area contributed by atoms with Gasteiger partial charge >= 0.3 is 0 Å². The topological polar surface area (TPSA) is 29.3 Å². The molecule has 0 aromatic rings. The van der Waals surface area contributed by atoms with Crippen molar-refractivity contribution in [3.63, 3.8) is 0 Å².